The highest BCUT2D eigenvalue weighted by atomic mass is 16.5. The molecule has 0 fully saturated rings. The van der Waals surface area contributed by atoms with Crippen molar-refractivity contribution in [1.29, 1.82) is 0 Å². The summed E-state index contributed by atoms with van der Waals surface area (Å²) in [4.78, 5) is 4.71. The van der Waals surface area contributed by atoms with Crippen molar-refractivity contribution in [3.05, 3.63) is 42.6 Å². The van der Waals surface area contributed by atoms with E-state index in [0.717, 1.165) is 39.3 Å². The lowest BCUT2D eigenvalue weighted by molar-refractivity contribution is 0.289. The number of fused-ring (bicyclic) bond motifs is 1. The van der Waals surface area contributed by atoms with Crippen LogP contribution in [0.2, 0.25) is 0 Å². The molecule has 0 bridgehead atoms. The summed E-state index contributed by atoms with van der Waals surface area (Å²) in [5, 5.41) is 1.94. The fourth-order valence-electron chi connectivity index (χ4n) is 3.20. The van der Waals surface area contributed by atoms with Crippen LogP contribution in [0, 0.1) is 0 Å². The summed E-state index contributed by atoms with van der Waals surface area (Å²) in [5.74, 6) is 2.97. The van der Waals surface area contributed by atoms with Crippen LogP contribution in [0.5, 0.6) is 23.0 Å². The number of aromatic nitrogens is 1. The fourth-order valence-corrected chi connectivity index (χ4v) is 3.20. The van der Waals surface area contributed by atoms with Crippen LogP contribution in [-0.4, -0.2) is 31.4 Å². The monoisotopic (exact) mass is 381 g/mol. The first kappa shape index (κ1) is 19.8. The van der Waals surface area contributed by atoms with E-state index in [4.69, 9.17) is 23.9 Å². The summed E-state index contributed by atoms with van der Waals surface area (Å²) in [6, 6.07) is 11.9. The van der Waals surface area contributed by atoms with Crippen LogP contribution >= 0.6 is 0 Å². The third-order valence-electron chi connectivity index (χ3n) is 4.26. The van der Waals surface area contributed by atoms with Crippen molar-refractivity contribution in [3.63, 3.8) is 0 Å². The highest BCUT2D eigenvalue weighted by Gasteiger charge is 2.18. The van der Waals surface area contributed by atoms with E-state index in [-0.39, 0.29) is 0 Å². The molecule has 0 saturated heterocycles. The van der Waals surface area contributed by atoms with Crippen LogP contribution in [0.3, 0.4) is 0 Å². The lowest BCUT2D eigenvalue weighted by atomic mass is 10.0. The highest BCUT2D eigenvalue weighted by Crippen LogP contribution is 2.42. The third kappa shape index (κ3) is 3.98. The van der Waals surface area contributed by atoms with Gasteiger partial charge in [0.25, 0.3) is 0 Å². The topological polar surface area (TPSA) is 49.8 Å². The molecule has 148 valence electrons. The molecule has 0 aliphatic rings. The Morgan fingerprint density at radius 1 is 0.714 bits per heavy atom. The maximum atomic E-state index is 5.94. The summed E-state index contributed by atoms with van der Waals surface area (Å²) < 4.78 is 23.2. The van der Waals surface area contributed by atoms with Gasteiger partial charge < -0.3 is 18.9 Å². The SMILES string of the molecule is CCOc1ccc2c(-c3cccc(OCC)c3OCC)ncc(OCC)c2c1. The second kappa shape index (κ2) is 9.31. The van der Waals surface area contributed by atoms with Gasteiger partial charge in [0, 0.05) is 16.3 Å². The van der Waals surface area contributed by atoms with E-state index in [1.165, 1.54) is 0 Å². The molecule has 5 heteroatoms. The zero-order valence-corrected chi connectivity index (χ0v) is 17.0. The number of hydrogen-bond donors (Lipinski definition) is 0. The number of benzene rings is 2. The van der Waals surface area contributed by atoms with Crippen molar-refractivity contribution in [3.8, 4) is 34.3 Å². The van der Waals surface area contributed by atoms with E-state index in [1.54, 1.807) is 6.20 Å². The predicted octanol–water partition coefficient (Wildman–Crippen LogP) is 5.50. The van der Waals surface area contributed by atoms with Crippen molar-refractivity contribution in [2.45, 2.75) is 27.7 Å². The number of para-hydroxylation sites is 1. The maximum absolute atomic E-state index is 5.94. The minimum absolute atomic E-state index is 0.542. The van der Waals surface area contributed by atoms with Crippen molar-refractivity contribution >= 4 is 10.8 Å². The van der Waals surface area contributed by atoms with Gasteiger partial charge in [0.05, 0.1) is 38.3 Å². The lowest BCUT2D eigenvalue weighted by Crippen LogP contribution is -2.01. The molecule has 2 aromatic carbocycles. The molecule has 28 heavy (non-hydrogen) atoms. The maximum Gasteiger partial charge on any atom is 0.170 e. The van der Waals surface area contributed by atoms with Gasteiger partial charge in [0.2, 0.25) is 0 Å². The van der Waals surface area contributed by atoms with Gasteiger partial charge in [-0.2, -0.15) is 0 Å². The van der Waals surface area contributed by atoms with Gasteiger partial charge >= 0.3 is 0 Å². The smallest absolute Gasteiger partial charge is 0.170 e. The zero-order chi connectivity index (χ0) is 19.9. The van der Waals surface area contributed by atoms with Crippen LogP contribution < -0.4 is 18.9 Å². The molecule has 0 radical (unpaired) electrons. The summed E-state index contributed by atoms with van der Waals surface area (Å²) in [6.07, 6.45) is 1.76. The Balaban J connectivity index is 2.24. The van der Waals surface area contributed by atoms with E-state index >= 15 is 0 Å². The van der Waals surface area contributed by atoms with Gasteiger partial charge in [-0.25, -0.2) is 0 Å². The predicted molar refractivity (Wildman–Crippen MR) is 112 cm³/mol. The van der Waals surface area contributed by atoms with Gasteiger partial charge in [-0.15, -0.1) is 0 Å². The van der Waals surface area contributed by atoms with Gasteiger partial charge in [0.1, 0.15) is 11.5 Å². The Morgan fingerprint density at radius 3 is 2.14 bits per heavy atom. The quantitative estimate of drug-likeness (QED) is 0.490. The molecule has 0 aliphatic heterocycles. The summed E-state index contributed by atoms with van der Waals surface area (Å²) in [5.41, 5.74) is 1.72. The Bertz CT molecular complexity index is 939. The molecule has 0 amide bonds. The first-order valence-corrected chi connectivity index (χ1v) is 9.80. The molecule has 1 heterocycles. The van der Waals surface area contributed by atoms with Gasteiger partial charge in [0.15, 0.2) is 11.5 Å². The van der Waals surface area contributed by atoms with Crippen molar-refractivity contribution < 1.29 is 18.9 Å². The first-order chi connectivity index (χ1) is 13.7. The second-order valence-corrected chi connectivity index (χ2v) is 6.04. The first-order valence-electron chi connectivity index (χ1n) is 9.80. The molecule has 0 aliphatic carbocycles. The summed E-state index contributed by atoms with van der Waals surface area (Å²) in [7, 11) is 0. The number of hydrogen-bond acceptors (Lipinski definition) is 5. The fraction of sp³-hybridized carbons (Fsp3) is 0.348. The Morgan fingerprint density at radius 2 is 1.43 bits per heavy atom. The van der Waals surface area contributed by atoms with Gasteiger partial charge in [-0.3, -0.25) is 4.98 Å². The average Bonchev–Trinajstić information content (AvgIpc) is 2.70. The molecular weight excluding hydrogens is 354 g/mol. The van der Waals surface area contributed by atoms with Crippen molar-refractivity contribution in [2.75, 3.05) is 26.4 Å². The van der Waals surface area contributed by atoms with E-state index < -0.39 is 0 Å². The normalized spacial score (nSPS) is 10.7. The Kier molecular flexibility index (Phi) is 6.58. The van der Waals surface area contributed by atoms with E-state index in [1.807, 2.05) is 64.1 Å². The average molecular weight is 381 g/mol. The summed E-state index contributed by atoms with van der Waals surface area (Å²) in [6.45, 7) is 10.1. The van der Waals surface area contributed by atoms with E-state index in [2.05, 4.69) is 0 Å². The molecular formula is C23H27NO4. The number of rotatable bonds is 9. The number of nitrogens with zero attached hydrogens (tertiary/aromatic N) is 1. The zero-order valence-electron chi connectivity index (χ0n) is 17.0. The van der Waals surface area contributed by atoms with Crippen LogP contribution in [0.25, 0.3) is 22.0 Å². The number of ether oxygens (including phenoxy) is 4. The molecule has 0 spiro atoms. The van der Waals surface area contributed by atoms with Crippen LogP contribution in [0.1, 0.15) is 27.7 Å². The van der Waals surface area contributed by atoms with Crippen LogP contribution in [-0.2, 0) is 0 Å². The molecule has 0 atom stereocenters. The Labute approximate surface area is 166 Å². The van der Waals surface area contributed by atoms with Gasteiger partial charge in [-0.05, 0) is 58.0 Å². The molecule has 5 nitrogen and oxygen atoms in total. The highest BCUT2D eigenvalue weighted by molar-refractivity contribution is 6.00. The number of pyridine rings is 1. The van der Waals surface area contributed by atoms with Crippen LogP contribution in [0.4, 0.5) is 0 Å². The molecule has 1 aromatic heterocycles. The minimum atomic E-state index is 0.542. The molecule has 0 unspecified atom stereocenters. The third-order valence-corrected chi connectivity index (χ3v) is 4.26. The largest absolute Gasteiger partial charge is 0.494 e. The minimum Gasteiger partial charge on any atom is -0.494 e. The Hall–Kier alpha value is -2.95. The lowest BCUT2D eigenvalue weighted by Gasteiger charge is -2.17. The molecule has 0 N–H and O–H groups in total. The van der Waals surface area contributed by atoms with Crippen molar-refractivity contribution in [2.24, 2.45) is 0 Å². The summed E-state index contributed by atoms with van der Waals surface area (Å²) >= 11 is 0. The standard InChI is InChI=1S/C23H27NO4/c1-5-25-16-12-13-17-19(14-16)21(27-7-3)15-24-22(17)18-10-9-11-20(26-6-2)23(18)28-8-4/h9-15H,5-8H2,1-4H3. The van der Waals surface area contributed by atoms with E-state index in [9.17, 15) is 0 Å². The van der Waals surface area contributed by atoms with E-state index in [0.29, 0.717) is 32.2 Å². The molecule has 3 aromatic rings. The molecule has 0 saturated carbocycles. The molecule has 3 rings (SSSR count). The second-order valence-electron chi connectivity index (χ2n) is 6.04. The van der Waals surface area contributed by atoms with Gasteiger partial charge in [-0.1, -0.05) is 6.07 Å². The van der Waals surface area contributed by atoms with Crippen molar-refractivity contribution in [1.82, 2.24) is 4.98 Å². The van der Waals surface area contributed by atoms with Crippen LogP contribution in [0.15, 0.2) is 42.6 Å².